The van der Waals surface area contributed by atoms with E-state index < -0.39 is 0 Å². The predicted octanol–water partition coefficient (Wildman–Crippen LogP) is 5.57. The minimum atomic E-state index is -0.0747. The maximum absolute atomic E-state index is 13.4. The molecule has 4 rings (SSSR count). The molecule has 2 aromatic carbocycles. The van der Waals surface area contributed by atoms with E-state index in [0.717, 1.165) is 29.8 Å². The summed E-state index contributed by atoms with van der Waals surface area (Å²) in [4.78, 5) is 16.8. The van der Waals surface area contributed by atoms with E-state index in [-0.39, 0.29) is 5.91 Å². The normalized spacial score (nSPS) is 12.7. The molecular weight excluding hydrogens is 406 g/mol. The van der Waals surface area contributed by atoms with Crippen molar-refractivity contribution in [2.45, 2.75) is 32.2 Å². The van der Waals surface area contributed by atoms with Crippen LogP contribution in [0.25, 0.3) is 0 Å². The van der Waals surface area contributed by atoms with Gasteiger partial charge in [-0.1, -0.05) is 24.3 Å². The maximum Gasteiger partial charge on any atom is 0.259 e. The van der Waals surface area contributed by atoms with Gasteiger partial charge in [0, 0.05) is 31.2 Å². The van der Waals surface area contributed by atoms with Crippen molar-refractivity contribution in [3.63, 3.8) is 0 Å². The Morgan fingerprint density at radius 1 is 1.06 bits per heavy atom. The molecule has 1 heterocycles. The van der Waals surface area contributed by atoms with Gasteiger partial charge in [-0.3, -0.25) is 4.79 Å². The molecule has 162 valence electrons. The second-order valence-electron chi connectivity index (χ2n) is 7.98. The van der Waals surface area contributed by atoms with Gasteiger partial charge in [0.05, 0.1) is 18.4 Å². The third-order valence-corrected chi connectivity index (χ3v) is 6.91. The van der Waals surface area contributed by atoms with Gasteiger partial charge in [-0.15, -0.1) is 11.3 Å². The number of amides is 1. The van der Waals surface area contributed by atoms with Gasteiger partial charge in [0.15, 0.2) is 0 Å². The van der Waals surface area contributed by atoms with Crippen molar-refractivity contribution < 1.29 is 9.53 Å². The number of ether oxygens (including phenoxy) is 1. The van der Waals surface area contributed by atoms with Crippen LogP contribution in [0, 0.1) is 0 Å². The molecule has 0 spiro atoms. The number of hydrogen-bond donors (Lipinski definition) is 2. The fourth-order valence-electron chi connectivity index (χ4n) is 3.96. The number of anilines is 3. The van der Waals surface area contributed by atoms with E-state index in [1.165, 1.54) is 28.1 Å². The van der Waals surface area contributed by atoms with Crippen molar-refractivity contribution in [3.05, 3.63) is 70.1 Å². The standard InChI is InChI=1S/C25H29N3O2S/c1-28(2)18-14-12-17(13-15-18)16-26-25-23(19-8-4-7-11-22(19)31-25)24(29)27-20-9-5-6-10-21(20)30-3/h5-6,9-10,12-15,26H,4,7-8,11,16H2,1-3H3,(H,27,29). The zero-order valence-corrected chi connectivity index (χ0v) is 19.1. The third kappa shape index (κ3) is 4.69. The van der Waals surface area contributed by atoms with Gasteiger partial charge in [0.2, 0.25) is 0 Å². The largest absolute Gasteiger partial charge is 0.495 e. The van der Waals surface area contributed by atoms with Crippen LogP contribution in [0.2, 0.25) is 0 Å². The fraction of sp³-hybridized carbons (Fsp3) is 0.320. The summed E-state index contributed by atoms with van der Waals surface area (Å²) in [6.07, 6.45) is 4.32. The highest BCUT2D eigenvalue weighted by Gasteiger charge is 2.26. The van der Waals surface area contributed by atoms with Crippen molar-refractivity contribution in [3.8, 4) is 5.75 Å². The molecule has 6 heteroatoms. The first-order valence-corrected chi connectivity index (χ1v) is 11.5. The molecule has 0 radical (unpaired) electrons. The fourth-order valence-corrected chi connectivity index (χ4v) is 5.24. The molecule has 1 amide bonds. The van der Waals surface area contributed by atoms with Crippen molar-refractivity contribution in [1.82, 2.24) is 0 Å². The molecular formula is C25H29N3O2S. The topological polar surface area (TPSA) is 53.6 Å². The average Bonchev–Trinajstić information content (AvgIpc) is 3.17. The van der Waals surface area contributed by atoms with E-state index in [0.29, 0.717) is 18.0 Å². The number of benzene rings is 2. The number of para-hydroxylation sites is 2. The second kappa shape index (κ2) is 9.43. The number of aryl methyl sites for hydroxylation is 1. The number of thiophene rings is 1. The number of methoxy groups -OCH3 is 1. The van der Waals surface area contributed by atoms with Gasteiger partial charge in [0.1, 0.15) is 10.8 Å². The Morgan fingerprint density at radius 3 is 2.55 bits per heavy atom. The van der Waals surface area contributed by atoms with Crippen LogP contribution in [0.3, 0.4) is 0 Å². The highest BCUT2D eigenvalue weighted by molar-refractivity contribution is 7.16. The Kier molecular flexibility index (Phi) is 6.47. The lowest BCUT2D eigenvalue weighted by molar-refractivity contribution is 0.102. The first-order valence-electron chi connectivity index (χ1n) is 10.7. The molecule has 31 heavy (non-hydrogen) atoms. The molecule has 0 aliphatic heterocycles. The number of carbonyl (C=O) groups excluding carboxylic acids is 1. The van der Waals surface area contributed by atoms with Crippen LogP contribution in [0.4, 0.5) is 16.4 Å². The maximum atomic E-state index is 13.4. The van der Waals surface area contributed by atoms with Crippen LogP contribution in [0.15, 0.2) is 48.5 Å². The lowest BCUT2D eigenvalue weighted by atomic mass is 9.95. The lowest BCUT2D eigenvalue weighted by Crippen LogP contribution is -2.17. The van der Waals surface area contributed by atoms with Crippen LogP contribution < -0.4 is 20.3 Å². The molecule has 1 aromatic heterocycles. The van der Waals surface area contributed by atoms with Crippen LogP contribution in [0.5, 0.6) is 5.75 Å². The molecule has 1 aliphatic rings. The lowest BCUT2D eigenvalue weighted by Gasteiger charge is -2.15. The highest BCUT2D eigenvalue weighted by Crippen LogP contribution is 2.39. The summed E-state index contributed by atoms with van der Waals surface area (Å²) in [5, 5.41) is 7.57. The summed E-state index contributed by atoms with van der Waals surface area (Å²) >= 11 is 1.73. The van der Waals surface area contributed by atoms with Crippen LogP contribution in [-0.2, 0) is 19.4 Å². The molecule has 1 aliphatic carbocycles. The van der Waals surface area contributed by atoms with E-state index in [4.69, 9.17) is 4.74 Å². The molecule has 0 saturated heterocycles. The average molecular weight is 436 g/mol. The smallest absolute Gasteiger partial charge is 0.259 e. The quantitative estimate of drug-likeness (QED) is 0.510. The molecule has 0 bridgehead atoms. The van der Waals surface area contributed by atoms with Gasteiger partial charge >= 0.3 is 0 Å². The molecule has 0 atom stereocenters. The zero-order chi connectivity index (χ0) is 21.8. The van der Waals surface area contributed by atoms with Gasteiger partial charge < -0.3 is 20.3 Å². The number of fused-ring (bicyclic) bond motifs is 1. The minimum Gasteiger partial charge on any atom is -0.495 e. The molecule has 0 unspecified atom stereocenters. The predicted molar refractivity (Wildman–Crippen MR) is 130 cm³/mol. The van der Waals surface area contributed by atoms with E-state index in [2.05, 4.69) is 39.8 Å². The summed E-state index contributed by atoms with van der Waals surface area (Å²) in [5.41, 5.74) is 5.04. The summed E-state index contributed by atoms with van der Waals surface area (Å²) < 4.78 is 5.41. The summed E-state index contributed by atoms with van der Waals surface area (Å²) in [6.45, 7) is 0.683. The Hall–Kier alpha value is -2.99. The van der Waals surface area contributed by atoms with Gasteiger partial charge in [-0.05, 0) is 61.1 Å². The number of nitrogens with zero attached hydrogens (tertiary/aromatic N) is 1. The Labute approximate surface area is 188 Å². The van der Waals surface area contributed by atoms with Crippen LogP contribution in [0.1, 0.15) is 39.2 Å². The van der Waals surface area contributed by atoms with Crippen LogP contribution >= 0.6 is 11.3 Å². The molecule has 3 aromatic rings. The molecule has 2 N–H and O–H groups in total. The van der Waals surface area contributed by atoms with Crippen molar-refractivity contribution in [2.24, 2.45) is 0 Å². The molecule has 0 fully saturated rings. The zero-order valence-electron chi connectivity index (χ0n) is 18.3. The Morgan fingerprint density at radius 2 is 1.81 bits per heavy atom. The van der Waals surface area contributed by atoms with Crippen molar-refractivity contribution in [1.29, 1.82) is 0 Å². The Bertz CT molecular complexity index is 1060. The number of rotatable bonds is 7. The molecule has 5 nitrogen and oxygen atoms in total. The van der Waals surface area contributed by atoms with Crippen molar-refractivity contribution in [2.75, 3.05) is 36.7 Å². The van der Waals surface area contributed by atoms with Gasteiger partial charge in [-0.25, -0.2) is 0 Å². The second-order valence-corrected chi connectivity index (χ2v) is 9.09. The van der Waals surface area contributed by atoms with Crippen molar-refractivity contribution >= 4 is 33.6 Å². The van der Waals surface area contributed by atoms with E-state index in [1.54, 1.807) is 18.4 Å². The van der Waals surface area contributed by atoms with Gasteiger partial charge in [0.25, 0.3) is 5.91 Å². The monoisotopic (exact) mass is 435 g/mol. The number of nitrogens with one attached hydrogen (secondary N) is 2. The third-order valence-electron chi connectivity index (χ3n) is 5.66. The van der Waals surface area contributed by atoms with E-state index >= 15 is 0 Å². The highest BCUT2D eigenvalue weighted by atomic mass is 32.1. The summed E-state index contributed by atoms with van der Waals surface area (Å²) in [5.74, 6) is 0.588. The number of hydrogen-bond acceptors (Lipinski definition) is 5. The minimum absolute atomic E-state index is 0.0747. The molecule has 0 saturated carbocycles. The van der Waals surface area contributed by atoms with E-state index in [1.807, 2.05) is 38.4 Å². The van der Waals surface area contributed by atoms with Gasteiger partial charge in [-0.2, -0.15) is 0 Å². The SMILES string of the molecule is COc1ccccc1NC(=O)c1c(NCc2ccc(N(C)C)cc2)sc2c1CCCC2. The van der Waals surface area contributed by atoms with E-state index in [9.17, 15) is 4.79 Å². The first-order chi connectivity index (χ1) is 15.1. The first kappa shape index (κ1) is 21.2. The number of carbonyl (C=O) groups is 1. The summed E-state index contributed by atoms with van der Waals surface area (Å²) in [7, 11) is 5.69. The summed E-state index contributed by atoms with van der Waals surface area (Å²) in [6, 6.07) is 16.0. The van der Waals surface area contributed by atoms with Crippen LogP contribution in [-0.4, -0.2) is 27.1 Å². The Balaban J connectivity index is 1.58.